The van der Waals surface area contributed by atoms with E-state index in [0.29, 0.717) is 18.7 Å². The van der Waals surface area contributed by atoms with Crippen LogP contribution in [0.5, 0.6) is 5.75 Å². The molecule has 0 saturated carbocycles. The van der Waals surface area contributed by atoms with E-state index in [4.69, 9.17) is 4.74 Å². The van der Waals surface area contributed by atoms with Crippen molar-refractivity contribution in [3.63, 3.8) is 0 Å². The van der Waals surface area contributed by atoms with Gasteiger partial charge in [0.15, 0.2) is 0 Å². The summed E-state index contributed by atoms with van der Waals surface area (Å²) >= 11 is 0. The van der Waals surface area contributed by atoms with Gasteiger partial charge in [-0.25, -0.2) is 0 Å². The van der Waals surface area contributed by atoms with Crippen molar-refractivity contribution in [1.29, 1.82) is 0 Å². The van der Waals surface area contributed by atoms with Crippen molar-refractivity contribution >= 4 is 0 Å². The highest BCUT2D eigenvalue weighted by atomic mass is 19.3. The van der Waals surface area contributed by atoms with Crippen LogP contribution in [0.25, 0.3) is 0 Å². The molecule has 0 saturated heterocycles. The Hall–Kier alpha value is -1.20. The van der Waals surface area contributed by atoms with E-state index < -0.39 is 6.61 Å². The highest BCUT2D eigenvalue weighted by Crippen LogP contribution is 2.26. The Balaban J connectivity index is 2.63. The molecule has 0 fully saturated rings. The number of para-hydroxylation sites is 1. The average Bonchev–Trinajstić information content (AvgIpc) is 2.36. The number of rotatable bonds is 8. The minimum atomic E-state index is -2.81. The van der Waals surface area contributed by atoms with Crippen LogP contribution in [0.15, 0.2) is 24.3 Å². The number of hydrogen-bond donors (Lipinski definition) is 1. The lowest BCUT2D eigenvalue weighted by Crippen LogP contribution is -2.29. The molecule has 0 amide bonds. The standard InChI is InChI=1S/C14H21F2NO2/c1-4-18-10(2)9-17-11(3)12-7-5-6-8-13(12)19-14(15)16/h5-8,10-11,14,17H,4,9H2,1-3H3. The predicted octanol–water partition coefficient (Wildman–Crippen LogP) is 3.36. The molecule has 5 heteroatoms. The molecule has 108 valence electrons. The maximum absolute atomic E-state index is 12.3. The first kappa shape index (κ1) is 15.9. The van der Waals surface area contributed by atoms with Gasteiger partial charge in [0.05, 0.1) is 6.10 Å². The summed E-state index contributed by atoms with van der Waals surface area (Å²) in [6.07, 6.45) is 0.0793. The first-order valence-corrected chi connectivity index (χ1v) is 6.43. The normalized spacial score (nSPS) is 14.4. The van der Waals surface area contributed by atoms with E-state index in [1.807, 2.05) is 20.8 Å². The van der Waals surface area contributed by atoms with Gasteiger partial charge >= 0.3 is 6.61 Å². The van der Waals surface area contributed by atoms with Gasteiger partial charge in [0, 0.05) is 24.8 Å². The van der Waals surface area contributed by atoms with E-state index in [1.165, 1.54) is 0 Å². The van der Waals surface area contributed by atoms with E-state index in [9.17, 15) is 8.78 Å². The van der Waals surface area contributed by atoms with Crippen molar-refractivity contribution in [2.24, 2.45) is 0 Å². The first-order chi connectivity index (χ1) is 9.04. The Morgan fingerprint density at radius 3 is 2.53 bits per heavy atom. The molecule has 0 aliphatic heterocycles. The summed E-state index contributed by atoms with van der Waals surface area (Å²) in [5.74, 6) is 0.210. The van der Waals surface area contributed by atoms with Gasteiger partial charge in [-0.2, -0.15) is 8.78 Å². The number of benzene rings is 1. The van der Waals surface area contributed by atoms with Gasteiger partial charge in [-0.15, -0.1) is 0 Å². The Morgan fingerprint density at radius 1 is 1.21 bits per heavy atom. The minimum Gasteiger partial charge on any atom is -0.434 e. The SMILES string of the molecule is CCOC(C)CNC(C)c1ccccc1OC(F)F. The lowest BCUT2D eigenvalue weighted by Gasteiger charge is -2.20. The fourth-order valence-corrected chi connectivity index (χ4v) is 1.84. The maximum atomic E-state index is 12.3. The summed E-state index contributed by atoms with van der Waals surface area (Å²) in [6, 6.07) is 6.72. The van der Waals surface area contributed by atoms with Crippen LogP contribution in [0.3, 0.4) is 0 Å². The molecule has 2 atom stereocenters. The molecule has 19 heavy (non-hydrogen) atoms. The zero-order chi connectivity index (χ0) is 14.3. The number of nitrogens with one attached hydrogen (secondary N) is 1. The molecule has 3 nitrogen and oxygen atoms in total. The van der Waals surface area contributed by atoms with Gasteiger partial charge < -0.3 is 14.8 Å². The molecule has 1 rings (SSSR count). The lowest BCUT2D eigenvalue weighted by atomic mass is 10.1. The van der Waals surface area contributed by atoms with Crippen LogP contribution in [-0.4, -0.2) is 25.9 Å². The molecule has 0 heterocycles. The third kappa shape index (κ3) is 5.53. The van der Waals surface area contributed by atoms with Crippen LogP contribution in [-0.2, 0) is 4.74 Å². The summed E-state index contributed by atoms with van der Waals surface area (Å²) in [6.45, 7) is 4.30. The topological polar surface area (TPSA) is 30.5 Å². The molecular weight excluding hydrogens is 252 g/mol. The Labute approximate surface area is 112 Å². The van der Waals surface area contributed by atoms with Gasteiger partial charge in [-0.3, -0.25) is 0 Å². The molecule has 0 aliphatic rings. The molecular formula is C14H21F2NO2. The van der Waals surface area contributed by atoms with Gasteiger partial charge in [0.1, 0.15) is 5.75 Å². The third-order valence-electron chi connectivity index (χ3n) is 2.76. The van der Waals surface area contributed by atoms with Crippen LogP contribution in [0.1, 0.15) is 32.4 Å². The Morgan fingerprint density at radius 2 is 1.89 bits per heavy atom. The molecule has 0 spiro atoms. The molecule has 0 aliphatic carbocycles. The third-order valence-corrected chi connectivity index (χ3v) is 2.76. The predicted molar refractivity (Wildman–Crippen MR) is 70.6 cm³/mol. The van der Waals surface area contributed by atoms with E-state index in [0.717, 1.165) is 0 Å². The van der Waals surface area contributed by atoms with Crippen LogP contribution in [0.2, 0.25) is 0 Å². The molecule has 0 radical (unpaired) electrons. The second-order valence-corrected chi connectivity index (χ2v) is 4.31. The number of halogens is 2. The fraction of sp³-hybridized carbons (Fsp3) is 0.571. The highest BCUT2D eigenvalue weighted by Gasteiger charge is 2.14. The monoisotopic (exact) mass is 273 g/mol. The molecule has 1 aromatic carbocycles. The summed E-state index contributed by atoms with van der Waals surface area (Å²) in [5.41, 5.74) is 0.714. The van der Waals surface area contributed by atoms with E-state index in [-0.39, 0.29) is 17.9 Å². The van der Waals surface area contributed by atoms with Gasteiger partial charge in [-0.05, 0) is 26.8 Å². The second-order valence-electron chi connectivity index (χ2n) is 4.31. The summed E-state index contributed by atoms with van der Waals surface area (Å²) in [5, 5.41) is 3.25. The van der Waals surface area contributed by atoms with E-state index >= 15 is 0 Å². The van der Waals surface area contributed by atoms with Crippen LogP contribution in [0, 0.1) is 0 Å². The Bertz CT molecular complexity index is 374. The summed E-state index contributed by atoms with van der Waals surface area (Å²) < 4.78 is 34.6. The van der Waals surface area contributed by atoms with Crippen molar-refractivity contribution in [1.82, 2.24) is 5.32 Å². The van der Waals surface area contributed by atoms with Crippen molar-refractivity contribution < 1.29 is 18.3 Å². The molecule has 0 bridgehead atoms. The number of alkyl halides is 2. The molecule has 0 aromatic heterocycles. The number of hydrogen-bond acceptors (Lipinski definition) is 3. The van der Waals surface area contributed by atoms with Crippen molar-refractivity contribution in [3.05, 3.63) is 29.8 Å². The van der Waals surface area contributed by atoms with E-state index in [2.05, 4.69) is 10.1 Å². The van der Waals surface area contributed by atoms with Crippen LogP contribution < -0.4 is 10.1 Å². The summed E-state index contributed by atoms with van der Waals surface area (Å²) in [7, 11) is 0. The highest BCUT2D eigenvalue weighted by molar-refractivity contribution is 5.35. The van der Waals surface area contributed by atoms with Crippen LogP contribution in [0.4, 0.5) is 8.78 Å². The zero-order valence-corrected chi connectivity index (χ0v) is 11.5. The largest absolute Gasteiger partial charge is 0.434 e. The quantitative estimate of drug-likeness (QED) is 0.787. The summed E-state index contributed by atoms with van der Waals surface area (Å²) in [4.78, 5) is 0. The fourth-order valence-electron chi connectivity index (χ4n) is 1.84. The maximum Gasteiger partial charge on any atom is 0.387 e. The first-order valence-electron chi connectivity index (χ1n) is 6.43. The lowest BCUT2D eigenvalue weighted by molar-refractivity contribution is -0.0507. The minimum absolute atomic E-state index is 0.0793. The van der Waals surface area contributed by atoms with E-state index in [1.54, 1.807) is 24.3 Å². The van der Waals surface area contributed by atoms with Crippen molar-refractivity contribution in [2.75, 3.05) is 13.2 Å². The van der Waals surface area contributed by atoms with Gasteiger partial charge in [0.25, 0.3) is 0 Å². The smallest absolute Gasteiger partial charge is 0.387 e. The zero-order valence-electron chi connectivity index (χ0n) is 11.5. The average molecular weight is 273 g/mol. The van der Waals surface area contributed by atoms with Crippen LogP contribution >= 0.6 is 0 Å². The van der Waals surface area contributed by atoms with Crippen molar-refractivity contribution in [3.8, 4) is 5.75 Å². The van der Waals surface area contributed by atoms with Crippen molar-refractivity contribution in [2.45, 2.75) is 39.5 Å². The molecule has 1 aromatic rings. The van der Waals surface area contributed by atoms with Gasteiger partial charge in [0.2, 0.25) is 0 Å². The Kier molecular flexibility index (Phi) is 6.73. The van der Waals surface area contributed by atoms with Gasteiger partial charge in [-0.1, -0.05) is 18.2 Å². The molecule has 1 N–H and O–H groups in total. The molecule has 2 unspecified atom stereocenters. The second kappa shape index (κ2) is 8.07. The number of ether oxygens (including phenoxy) is 2.